The number of anilines is 1. The third-order valence-electron chi connectivity index (χ3n) is 4.77. The van der Waals surface area contributed by atoms with Gasteiger partial charge in [0.25, 0.3) is 5.56 Å². The first-order valence-electron chi connectivity index (χ1n) is 9.71. The highest BCUT2D eigenvalue weighted by atomic mass is 35.5. The van der Waals surface area contributed by atoms with E-state index in [0.29, 0.717) is 10.7 Å². The van der Waals surface area contributed by atoms with E-state index < -0.39 is 20.3 Å². The van der Waals surface area contributed by atoms with E-state index in [9.17, 15) is 18.0 Å². The predicted molar refractivity (Wildman–Crippen MR) is 126 cm³/mol. The Morgan fingerprint density at radius 3 is 2.50 bits per heavy atom. The predicted octanol–water partition coefficient (Wildman–Crippen LogP) is 4.42. The lowest BCUT2D eigenvalue weighted by molar-refractivity contribution is -0.113. The van der Waals surface area contributed by atoms with Crippen LogP contribution in [0.4, 0.5) is 5.69 Å². The first kappa shape index (κ1) is 24.0. The Hall–Kier alpha value is -2.62. The average molecular weight is 492 g/mol. The Morgan fingerprint density at radius 2 is 1.88 bits per heavy atom. The van der Waals surface area contributed by atoms with Crippen LogP contribution in [0.3, 0.4) is 0 Å². The number of H-pyrrole nitrogens is 1. The topological polar surface area (TPSA) is 109 Å². The smallest absolute Gasteiger partial charge is 0.270 e. The zero-order valence-electron chi connectivity index (χ0n) is 17.7. The Bertz CT molecular complexity index is 1300. The average Bonchev–Trinajstić information content (AvgIpc) is 2.75. The summed E-state index contributed by atoms with van der Waals surface area (Å²) in [5.41, 5.74) is 1.54. The third-order valence-corrected chi connectivity index (χ3v) is 7.83. The summed E-state index contributed by atoms with van der Waals surface area (Å²) in [4.78, 5) is 30.7. The summed E-state index contributed by atoms with van der Waals surface area (Å²) in [7, 11) is -4.02. The number of nitrogens with zero attached hydrogens (tertiary/aromatic N) is 1. The molecule has 0 fully saturated rings. The van der Waals surface area contributed by atoms with E-state index in [1.165, 1.54) is 12.1 Å². The summed E-state index contributed by atoms with van der Waals surface area (Å²) in [6.07, 6.45) is 1.02. The molecule has 0 saturated heterocycles. The molecular weight excluding hydrogens is 470 g/mol. The molecule has 0 radical (unpaired) electrons. The summed E-state index contributed by atoms with van der Waals surface area (Å²) in [6.45, 7) is 5.80. The Labute approximate surface area is 195 Å². The second-order valence-electron chi connectivity index (χ2n) is 7.36. The van der Waals surface area contributed by atoms with Crippen LogP contribution in [-0.2, 0) is 14.6 Å². The maximum absolute atomic E-state index is 12.8. The van der Waals surface area contributed by atoms with E-state index in [0.717, 1.165) is 29.1 Å². The molecule has 2 N–H and O–H groups in total. The number of aromatic amines is 1. The molecule has 2 aromatic carbocycles. The minimum absolute atomic E-state index is 0.0193. The van der Waals surface area contributed by atoms with Gasteiger partial charge < -0.3 is 10.3 Å². The highest BCUT2D eigenvalue weighted by Crippen LogP contribution is 2.24. The highest BCUT2D eigenvalue weighted by Gasteiger charge is 2.22. The van der Waals surface area contributed by atoms with Crippen molar-refractivity contribution in [3.05, 3.63) is 75.2 Å². The molecule has 0 aliphatic heterocycles. The van der Waals surface area contributed by atoms with Crippen LogP contribution < -0.4 is 10.9 Å². The molecule has 32 heavy (non-hydrogen) atoms. The van der Waals surface area contributed by atoms with Crippen molar-refractivity contribution in [1.29, 1.82) is 0 Å². The minimum atomic E-state index is -4.02. The molecular formula is C22H22ClN3O4S2. The zero-order valence-corrected chi connectivity index (χ0v) is 20.1. The maximum atomic E-state index is 12.8. The van der Waals surface area contributed by atoms with E-state index >= 15 is 0 Å². The largest absolute Gasteiger partial charge is 0.325 e. The molecule has 1 heterocycles. The fourth-order valence-electron chi connectivity index (χ4n) is 2.85. The summed E-state index contributed by atoms with van der Waals surface area (Å²) in [5.74, 6) is -0.0874. The van der Waals surface area contributed by atoms with Crippen molar-refractivity contribution < 1.29 is 13.2 Å². The van der Waals surface area contributed by atoms with Crippen LogP contribution in [0, 0.1) is 6.92 Å². The van der Waals surface area contributed by atoms with Gasteiger partial charge in [0, 0.05) is 10.7 Å². The molecule has 0 spiro atoms. The summed E-state index contributed by atoms with van der Waals surface area (Å²) >= 11 is 7.04. The van der Waals surface area contributed by atoms with Crippen LogP contribution in [0.5, 0.6) is 0 Å². The van der Waals surface area contributed by atoms with E-state index in [2.05, 4.69) is 15.3 Å². The standard InChI is InChI=1S/C22H22ClN3O4S2/c1-13(2)15-7-9-16(10-8-15)32(29,30)19-11-24-22(26-21(19)28)31-12-20(27)25-18-6-4-5-17(23)14(18)3/h4-11,13H,12H2,1-3H3,(H,25,27)(H,24,26,28). The lowest BCUT2D eigenvalue weighted by atomic mass is 10.0. The van der Waals surface area contributed by atoms with Crippen molar-refractivity contribution in [2.75, 3.05) is 11.1 Å². The molecule has 0 saturated carbocycles. The van der Waals surface area contributed by atoms with Gasteiger partial charge in [0.2, 0.25) is 15.7 Å². The summed E-state index contributed by atoms with van der Waals surface area (Å²) in [6, 6.07) is 11.6. The van der Waals surface area contributed by atoms with Crippen molar-refractivity contribution in [3.63, 3.8) is 0 Å². The molecule has 1 aromatic heterocycles. The van der Waals surface area contributed by atoms with Crippen LogP contribution >= 0.6 is 23.4 Å². The number of amides is 1. The van der Waals surface area contributed by atoms with Crippen LogP contribution in [0.15, 0.2) is 68.4 Å². The Morgan fingerprint density at radius 1 is 1.19 bits per heavy atom. The molecule has 3 aromatic rings. The van der Waals surface area contributed by atoms with Crippen molar-refractivity contribution in [1.82, 2.24) is 9.97 Å². The molecule has 0 atom stereocenters. The SMILES string of the molecule is Cc1c(Cl)cccc1NC(=O)CSc1ncc(S(=O)(=O)c2ccc(C(C)C)cc2)c(=O)[nH]1. The van der Waals surface area contributed by atoms with Crippen molar-refractivity contribution >= 4 is 44.8 Å². The Balaban J connectivity index is 1.71. The molecule has 10 heteroatoms. The van der Waals surface area contributed by atoms with E-state index in [-0.39, 0.29) is 27.6 Å². The molecule has 0 unspecified atom stereocenters. The zero-order chi connectivity index (χ0) is 23.5. The van der Waals surface area contributed by atoms with Gasteiger partial charge in [-0.3, -0.25) is 9.59 Å². The highest BCUT2D eigenvalue weighted by molar-refractivity contribution is 7.99. The van der Waals surface area contributed by atoms with Gasteiger partial charge in [0.1, 0.15) is 0 Å². The van der Waals surface area contributed by atoms with Gasteiger partial charge in [-0.1, -0.05) is 55.4 Å². The van der Waals surface area contributed by atoms with Gasteiger partial charge in [-0.15, -0.1) is 0 Å². The van der Waals surface area contributed by atoms with Crippen LogP contribution in [-0.4, -0.2) is 30.0 Å². The number of nitrogens with one attached hydrogen (secondary N) is 2. The molecule has 0 aliphatic carbocycles. The first-order chi connectivity index (χ1) is 15.1. The van der Waals surface area contributed by atoms with E-state index in [1.807, 2.05) is 13.8 Å². The number of halogens is 1. The van der Waals surface area contributed by atoms with Crippen LogP contribution in [0.2, 0.25) is 5.02 Å². The number of carbonyl (C=O) groups is 1. The van der Waals surface area contributed by atoms with Crippen LogP contribution in [0.1, 0.15) is 30.9 Å². The molecule has 3 rings (SSSR count). The van der Waals surface area contributed by atoms with Crippen LogP contribution in [0.25, 0.3) is 0 Å². The monoisotopic (exact) mass is 491 g/mol. The maximum Gasteiger partial charge on any atom is 0.270 e. The number of aromatic nitrogens is 2. The molecule has 0 aliphatic rings. The molecule has 7 nitrogen and oxygen atoms in total. The second-order valence-corrected chi connectivity index (χ2v) is 10.6. The van der Waals surface area contributed by atoms with Gasteiger partial charge in [-0.25, -0.2) is 13.4 Å². The van der Waals surface area contributed by atoms with Gasteiger partial charge >= 0.3 is 0 Å². The van der Waals surface area contributed by atoms with Gasteiger partial charge in [0.15, 0.2) is 10.1 Å². The first-order valence-corrected chi connectivity index (χ1v) is 12.6. The number of hydrogen-bond donors (Lipinski definition) is 2. The molecule has 0 bridgehead atoms. The minimum Gasteiger partial charge on any atom is -0.325 e. The fraction of sp³-hybridized carbons (Fsp3) is 0.227. The lowest BCUT2D eigenvalue weighted by Gasteiger charge is -2.09. The van der Waals surface area contributed by atoms with Gasteiger partial charge in [0.05, 0.1) is 16.8 Å². The second kappa shape index (κ2) is 9.89. The number of rotatable bonds is 7. The van der Waals surface area contributed by atoms with E-state index in [4.69, 9.17) is 11.6 Å². The quantitative estimate of drug-likeness (QED) is 0.374. The number of benzene rings is 2. The molecule has 1 amide bonds. The van der Waals surface area contributed by atoms with Gasteiger partial charge in [-0.05, 0) is 48.2 Å². The Kier molecular flexibility index (Phi) is 7.43. The number of sulfone groups is 1. The number of carbonyl (C=O) groups excluding carboxylic acids is 1. The van der Waals surface area contributed by atoms with Crippen molar-refractivity contribution in [2.45, 2.75) is 41.6 Å². The van der Waals surface area contributed by atoms with Crippen molar-refractivity contribution in [3.8, 4) is 0 Å². The third kappa shape index (κ3) is 5.40. The summed E-state index contributed by atoms with van der Waals surface area (Å²) in [5, 5.41) is 3.43. The van der Waals surface area contributed by atoms with Gasteiger partial charge in [-0.2, -0.15) is 0 Å². The summed E-state index contributed by atoms with van der Waals surface area (Å²) < 4.78 is 25.7. The van der Waals surface area contributed by atoms with Crippen molar-refractivity contribution in [2.24, 2.45) is 0 Å². The lowest BCUT2D eigenvalue weighted by Crippen LogP contribution is -2.20. The number of thioether (sulfide) groups is 1. The fourth-order valence-corrected chi connectivity index (χ4v) is 4.90. The normalized spacial score (nSPS) is 11.5. The molecule has 168 valence electrons. The van der Waals surface area contributed by atoms with E-state index in [1.54, 1.807) is 37.3 Å². The number of hydrogen-bond acceptors (Lipinski definition) is 6.